The molecule has 2 heterocycles. The molecule has 0 saturated heterocycles. The van der Waals surface area contributed by atoms with Gasteiger partial charge in [0.2, 0.25) is 5.91 Å². The Balaban J connectivity index is 1.48. The van der Waals surface area contributed by atoms with Gasteiger partial charge in [-0.25, -0.2) is 4.98 Å². The van der Waals surface area contributed by atoms with Gasteiger partial charge in [-0.15, -0.1) is 0 Å². The predicted octanol–water partition coefficient (Wildman–Crippen LogP) is 5.87. The molecular weight excluding hydrogens is 384 g/mol. The van der Waals surface area contributed by atoms with Gasteiger partial charge in [0.15, 0.2) is 0 Å². The Kier molecular flexibility index (Phi) is 5.85. The quantitative estimate of drug-likeness (QED) is 0.431. The molecule has 5 nitrogen and oxygen atoms in total. The Morgan fingerprint density at radius 3 is 2.61 bits per heavy atom. The first-order chi connectivity index (χ1) is 14.9. The number of hydrogen-bond donors (Lipinski definition) is 1. The third kappa shape index (κ3) is 4.82. The highest BCUT2D eigenvalue weighted by molar-refractivity contribution is 5.91. The van der Waals surface area contributed by atoms with E-state index in [1.807, 2.05) is 54.9 Å². The first kappa shape index (κ1) is 20.8. The van der Waals surface area contributed by atoms with E-state index in [0.29, 0.717) is 18.9 Å². The zero-order valence-electron chi connectivity index (χ0n) is 18.5. The Labute approximate surface area is 183 Å². The summed E-state index contributed by atoms with van der Waals surface area (Å²) in [5.41, 5.74) is 6.96. The summed E-state index contributed by atoms with van der Waals surface area (Å²) in [4.78, 5) is 17.3. The largest absolute Gasteiger partial charge is 0.326 e. The highest BCUT2D eigenvalue weighted by Crippen LogP contribution is 2.26. The van der Waals surface area contributed by atoms with Crippen LogP contribution in [0, 0.1) is 13.8 Å². The van der Waals surface area contributed by atoms with Gasteiger partial charge in [-0.1, -0.05) is 38.1 Å². The molecule has 0 bridgehead atoms. The standard InChI is InChI=1S/C26H28N4O/c1-17(2)20-8-10-25-22(15-20)9-11-24(28-25)21-6-5-7-23(16-21)27-26(31)12-13-30-19(4)14-18(3)29-30/h5-11,14-17H,12-13H2,1-4H3,(H,27,31). The number of benzene rings is 2. The van der Waals surface area contributed by atoms with Crippen LogP contribution in [0.2, 0.25) is 0 Å². The average Bonchev–Trinajstić information content (AvgIpc) is 3.08. The van der Waals surface area contributed by atoms with Crippen LogP contribution in [0.4, 0.5) is 5.69 Å². The van der Waals surface area contributed by atoms with E-state index < -0.39 is 0 Å². The maximum Gasteiger partial charge on any atom is 0.226 e. The molecule has 1 amide bonds. The summed E-state index contributed by atoms with van der Waals surface area (Å²) in [6, 6.07) is 20.4. The highest BCUT2D eigenvalue weighted by Gasteiger charge is 2.08. The van der Waals surface area contributed by atoms with E-state index in [9.17, 15) is 4.79 Å². The summed E-state index contributed by atoms with van der Waals surface area (Å²) < 4.78 is 1.87. The van der Waals surface area contributed by atoms with E-state index >= 15 is 0 Å². The molecular formula is C26H28N4O. The highest BCUT2D eigenvalue weighted by atomic mass is 16.1. The molecule has 1 N–H and O–H groups in total. The fourth-order valence-electron chi connectivity index (χ4n) is 3.75. The summed E-state index contributed by atoms with van der Waals surface area (Å²) in [5.74, 6) is 0.461. The molecule has 0 unspecified atom stereocenters. The van der Waals surface area contributed by atoms with Crippen LogP contribution in [0.3, 0.4) is 0 Å². The van der Waals surface area contributed by atoms with Crippen molar-refractivity contribution < 1.29 is 4.79 Å². The molecule has 4 rings (SSSR count). The summed E-state index contributed by atoms with van der Waals surface area (Å²) in [6.45, 7) is 8.91. The molecule has 0 radical (unpaired) electrons. The van der Waals surface area contributed by atoms with Gasteiger partial charge in [0, 0.05) is 35.3 Å². The van der Waals surface area contributed by atoms with Crippen LogP contribution in [0.5, 0.6) is 0 Å². The lowest BCUT2D eigenvalue weighted by Crippen LogP contribution is -2.15. The normalized spacial score (nSPS) is 11.3. The molecule has 2 aromatic carbocycles. The van der Waals surface area contributed by atoms with Crippen LogP contribution in [-0.4, -0.2) is 20.7 Å². The Morgan fingerprint density at radius 1 is 1.03 bits per heavy atom. The van der Waals surface area contributed by atoms with Gasteiger partial charge >= 0.3 is 0 Å². The van der Waals surface area contributed by atoms with Gasteiger partial charge in [-0.2, -0.15) is 5.10 Å². The van der Waals surface area contributed by atoms with Gasteiger partial charge in [-0.3, -0.25) is 9.48 Å². The van der Waals surface area contributed by atoms with Crippen molar-refractivity contribution in [2.24, 2.45) is 0 Å². The Bertz CT molecular complexity index is 1240. The molecule has 0 atom stereocenters. The number of aromatic nitrogens is 3. The topological polar surface area (TPSA) is 59.8 Å². The van der Waals surface area contributed by atoms with Gasteiger partial charge in [-0.05, 0) is 61.7 Å². The van der Waals surface area contributed by atoms with E-state index in [0.717, 1.165) is 39.2 Å². The van der Waals surface area contributed by atoms with E-state index in [2.05, 4.69) is 48.5 Å². The molecule has 4 aromatic rings. The van der Waals surface area contributed by atoms with Crippen LogP contribution in [-0.2, 0) is 11.3 Å². The molecule has 0 fully saturated rings. The second-order valence-corrected chi connectivity index (χ2v) is 8.33. The summed E-state index contributed by atoms with van der Waals surface area (Å²) in [5, 5.41) is 8.55. The van der Waals surface area contributed by atoms with Crippen LogP contribution >= 0.6 is 0 Å². The number of fused-ring (bicyclic) bond motifs is 1. The number of carbonyl (C=O) groups excluding carboxylic acids is 1. The smallest absolute Gasteiger partial charge is 0.226 e. The van der Waals surface area contributed by atoms with E-state index in [1.165, 1.54) is 5.56 Å². The lowest BCUT2D eigenvalue weighted by molar-refractivity contribution is -0.116. The summed E-state index contributed by atoms with van der Waals surface area (Å²) in [6.07, 6.45) is 0.374. The van der Waals surface area contributed by atoms with Gasteiger partial charge in [0.25, 0.3) is 0 Å². The molecule has 0 saturated carbocycles. The maximum atomic E-state index is 12.4. The minimum absolute atomic E-state index is 0.0302. The molecule has 0 aliphatic heterocycles. The number of anilines is 1. The van der Waals surface area contributed by atoms with Crippen molar-refractivity contribution in [3.05, 3.63) is 77.6 Å². The monoisotopic (exact) mass is 412 g/mol. The summed E-state index contributed by atoms with van der Waals surface area (Å²) >= 11 is 0. The molecule has 0 spiro atoms. The lowest BCUT2D eigenvalue weighted by Gasteiger charge is -2.10. The molecule has 2 aromatic heterocycles. The van der Waals surface area contributed by atoms with Crippen LogP contribution in [0.25, 0.3) is 22.2 Å². The molecule has 0 aliphatic rings. The fraction of sp³-hybridized carbons (Fsp3) is 0.269. The van der Waals surface area contributed by atoms with Crippen LogP contribution in [0.15, 0.2) is 60.7 Å². The minimum atomic E-state index is -0.0302. The van der Waals surface area contributed by atoms with Gasteiger partial charge in [0.1, 0.15) is 0 Å². The number of nitrogens with zero attached hydrogens (tertiary/aromatic N) is 3. The number of rotatable bonds is 6. The van der Waals surface area contributed by atoms with Crippen molar-refractivity contribution in [2.45, 2.75) is 46.6 Å². The number of aryl methyl sites for hydroxylation is 3. The maximum absolute atomic E-state index is 12.4. The Morgan fingerprint density at radius 2 is 1.87 bits per heavy atom. The van der Waals surface area contributed by atoms with Crippen molar-refractivity contribution in [3.8, 4) is 11.3 Å². The first-order valence-corrected chi connectivity index (χ1v) is 10.7. The van der Waals surface area contributed by atoms with Crippen molar-refractivity contribution in [1.82, 2.24) is 14.8 Å². The molecule has 5 heteroatoms. The lowest BCUT2D eigenvalue weighted by atomic mass is 10.0. The number of carbonyl (C=O) groups is 1. The number of pyridine rings is 1. The third-order valence-electron chi connectivity index (χ3n) is 5.48. The van der Waals surface area contributed by atoms with E-state index in [1.54, 1.807) is 0 Å². The third-order valence-corrected chi connectivity index (χ3v) is 5.48. The van der Waals surface area contributed by atoms with Gasteiger partial charge < -0.3 is 5.32 Å². The first-order valence-electron chi connectivity index (χ1n) is 10.7. The number of amides is 1. The molecule has 31 heavy (non-hydrogen) atoms. The fourth-order valence-corrected chi connectivity index (χ4v) is 3.75. The van der Waals surface area contributed by atoms with Crippen LogP contribution in [0.1, 0.15) is 43.1 Å². The SMILES string of the molecule is Cc1cc(C)n(CCC(=O)Nc2cccc(-c3ccc4cc(C(C)C)ccc4n3)c2)n1. The summed E-state index contributed by atoms with van der Waals surface area (Å²) in [7, 11) is 0. The number of hydrogen-bond acceptors (Lipinski definition) is 3. The zero-order chi connectivity index (χ0) is 22.0. The number of nitrogens with one attached hydrogen (secondary N) is 1. The van der Waals surface area contributed by atoms with Crippen molar-refractivity contribution in [2.75, 3.05) is 5.32 Å². The van der Waals surface area contributed by atoms with E-state index in [4.69, 9.17) is 4.98 Å². The Hall–Kier alpha value is -3.47. The molecule has 0 aliphatic carbocycles. The zero-order valence-corrected chi connectivity index (χ0v) is 18.5. The predicted molar refractivity (Wildman–Crippen MR) is 126 cm³/mol. The van der Waals surface area contributed by atoms with E-state index in [-0.39, 0.29) is 5.91 Å². The van der Waals surface area contributed by atoms with Crippen molar-refractivity contribution in [3.63, 3.8) is 0 Å². The second kappa shape index (κ2) is 8.72. The minimum Gasteiger partial charge on any atom is -0.326 e. The second-order valence-electron chi connectivity index (χ2n) is 8.33. The molecule has 158 valence electrons. The van der Waals surface area contributed by atoms with Crippen molar-refractivity contribution in [1.29, 1.82) is 0 Å². The van der Waals surface area contributed by atoms with Crippen LogP contribution < -0.4 is 5.32 Å². The average molecular weight is 413 g/mol. The van der Waals surface area contributed by atoms with Gasteiger partial charge in [0.05, 0.1) is 16.9 Å². The van der Waals surface area contributed by atoms with Crippen molar-refractivity contribution >= 4 is 22.5 Å².